The maximum atomic E-state index is 14.7. The largest absolute Gasteiger partial charge is 0.374 e. The molecule has 160 valence electrons. The predicted molar refractivity (Wildman–Crippen MR) is 118 cm³/mol. The number of anilines is 1. The van der Waals surface area contributed by atoms with Crippen LogP contribution in [0.4, 0.5) is 14.5 Å². The normalized spacial score (nSPS) is 21.4. The number of rotatable bonds is 2. The summed E-state index contributed by atoms with van der Waals surface area (Å²) in [6.45, 7) is 8.11. The van der Waals surface area contributed by atoms with Crippen molar-refractivity contribution in [2.24, 2.45) is 5.41 Å². The van der Waals surface area contributed by atoms with Crippen LogP contribution in [0.3, 0.4) is 0 Å². The maximum absolute atomic E-state index is 14.7. The molecule has 1 aliphatic carbocycles. The Labute approximate surface area is 178 Å². The SMILES string of the molecule is CC(C)(C)C(=O)N1CCN(c2ccc3c(c2)C(O)(C(F)(F)P)c2ccccc2-3)CC1. The van der Waals surface area contributed by atoms with Gasteiger partial charge in [0.25, 0.3) is 5.66 Å². The van der Waals surface area contributed by atoms with Crippen molar-refractivity contribution in [3.8, 4) is 11.1 Å². The first kappa shape index (κ1) is 21.2. The van der Waals surface area contributed by atoms with Crippen LogP contribution in [-0.4, -0.2) is 47.8 Å². The Morgan fingerprint density at radius 2 is 1.60 bits per heavy atom. The Hall–Kier alpha value is -2.04. The van der Waals surface area contributed by atoms with E-state index in [9.17, 15) is 18.7 Å². The first-order valence-electron chi connectivity index (χ1n) is 10.1. The molecule has 1 fully saturated rings. The van der Waals surface area contributed by atoms with Gasteiger partial charge in [-0.1, -0.05) is 60.3 Å². The van der Waals surface area contributed by atoms with E-state index in [1.165, 1.54) is 9.24 Å². The zero-order chi connectivity index (χ0) is 21.9. The minimum absolute atomic E-state index is 0.114. The van der Waals surface area contributed by atoms with Crippen molar-refractivity contribution < 1.29 is 18.7 Å². The van der Waals surface area contributed by atoms with E-state index in [1.807, 2.05) is 37.8 Å². The number of carbonyl (C=O) groups excluding carboxylic acids is 1. The van der Waals surface area contributed by atoms with Crippen LogP contribution >= 0.6 is 9.24 Å². The van der Waals surface area contributed by atoms with E-state index in [1.54, 1.807) is 30.3 Å². The van der Waals surface area contributed by atoms with Gasteiger partial charge in [-0.25, -0.2) is 0 Å². The number of nitrogens with zero attached hydrogens (tertiary/aromatic N) is 2. The van der Waals surface area contributed by atoms with Crippen LogP contribution in [0.2, 0.25) is 0 Å². The lowest BCUT2D eigenvalue weighted by atomic mass is 9.91. The third kappa shape index (κ3) is 3.21. The van der Waals surface area contributed by atoms with Crippen LogP contribution in [0.15, 0.2) is 42.5 Å². The summed E-state index contributed by atoms with van der Waals surface area (Å²) in [5.74, 6) is 0.114. The first-order chi connectivity index (χ1) is 13.9. The number of alkyl halides is 2. The molecule has 0 spiro atoms. The number of fused-ring (bicyclic) bond motifs is 3. The third-order valence-corrected chi connectivity index (χ3v) is 6.47. The molecule has 2 unspecified atom stereocenters. The molecule has 0 aromatic heterocycles. The molecule has 1 saturated heterocycles. The molecule has 1 N–H and O–H groups in total. The van der Waals surface area contributed by atoms with Gasteiger partial charge < -0.3 is 14.9 Å². The lowest BCUT2D eigenvalue weighted by molar-refractivity contribution is -0.139. The lowest BCUT2D eigenvalue weighted by Gasteiger charge is -2.39. The Balaban J connectivity index is 1.65. The molecule has 1 aliphatic heterocycles. The fourth-order valence-electron chi connectivity index (χ4n) is 4.44. The summed E-state index contributed by atoms with van der Waals surface area (Å²) < 4.78 is 29.3. The molecule has 7 heteroatoms. The van der Waals surface area contributed by atoms with Crippen molar-refractivity contribution in [3.05, 3.63) is 53.6 Å². The molecule has 2 aliphatic rings. The Kier molecular flexibility index (Phi) is 4.94. The van der Waals surface area contributed by atoms with Crippen molar-refractivity contribution in [1.29, 1.82) is 0 Å². The summed E-state index contributed by atoms with van der Waals surface area (Å²) >= 11 is 0. The summed E-state index contributed by atoms with van der Waals surface area (Å²) in [6.07, 6.45) is 0. The van der Waals surface area contributed by atoms with Crippen molar-refractivity contribution in [2.45, 2.75) is 32.0 Å². The van der Waals surface area contributed by atoms with E-state index in [0.717, 1.165) is 5.69 Å². The molecule has 0 saturated carbocycles. The van der Waals surface area contributed by atoms with Gasteiger partial charge in [-0.05, 0) is 23.3 Å². The van der Waals surface area contributed by atoms with Gasteiger partial charge in [0.15, 0.2) is 5.60 Å². The molecule has 1 heterocycles. The topological polar surface area (TPSA) is 43.8 Å². The average molecular weight is 432 g/mol. The number of piperazine rings is 1. The fourth-order valence-corrected chi connectivity index (χ4v) is 4.75. The van der Waals surface area contributed by atoms with Crippen LogP contribution in [0.5, 0.6) is 0 Å². The number of hydrogen-bond donors (Lipinski definition) is 1. The van der Waals surface area contributed by atoms with Crippen LogP contribution in [0.25, 0.3) is 11.1 Å². The molecule has 4 rings (SSSR count). The number of benzene rings is 2. The first-order valence-corrected chi connectivity index (χ1v) is 10.7. The van der Waals surface area contributed by atoms with Crippen molar-refractivity contribution >= 4 is 20.8 Å². The van der Waals surface area contributed by atoms with Crippen molar-refractivity contribution in [2.75, 3.05) is 31.1 Å². The number of halogens is 2. The predicted octanol–water partition coefficient (Wildman–Crippen LogP) is 4.07. The van der Waals surface area contributed by atoms with E-state index >= 15 is 0 Å². The van der Waals surface area contributed by atoms with Crippen molar-refractivity contribution in [3.63, 3.8) is 0 Å². The highest BCUT2D eigenvalue weighted by Gasteiger charge is 2.57. The van der Waals surface area contributed by atoms with E-state index in [4.69, 9.17) is 0 Å². The van der Waals surface area contributed by atoms with E-state index in [2.05, 4.69) is 4.90 Å². The zero-order valence-corrected chi connectivity index (χ0v) is 18.6. The van der Waals surface area contributed by atoms with Gasteiger partial charge in [-0.15, -0.1) is 0 Å². The maximum Gasteiger partial charge on any atom is 0.295 e. The van der Waals surface area contributed by atoms with Crippen LogP contribution in [0.1, 0.15) is 31.9 Å². The van der Waals surface area contributed by atoms with Crippen LogP contribution < -0.4 is 4.90 Å². The number of carbonyl (C=O) groups is 1. The number of hydrogen-bond acceptors (Lipinski definition) is 3. The fraction of sp³-hybridized carbons (Fsp3) is 0.435. The number of aliphatic hydroxyl groups is 1. The highest BCUT2D eigenvalue weighted by Crippen LogP contribution is 2.57. The Bertz CT molecular complexity index is 991. The smallest absolute Gasteiger partial charge is 0.295 e. The van der Waals surface area contributed by atoms with Crippen molar-refractivity contribution in [1.82, 2.24) is 4.90 Å². The molecular weight excluding hydrogens is 405 g/mol. The lowest BCUT2D eigenvalue weighted by Crippen LogP contribution is -2.51. The molecule has 2 aromatic rings. The highest BCUT2D eigenvalue weighted by molar-refractivity contribution is 7.18. The van der Waals surface area contributed by atoms with Gasteiger partial charge in [0, 0.05) is 48.4 Å². The van der Waals surface area contributed by atoms with E-state index < -0.39 is 16.7 Å². The summed E-state index contributed by atoms with van der Waals surface area (Å²) in [6, 6.07) is 12.2. The molecular formula is C23H27F2N2O2P. The standard InChI is InChI=1S/C23H27F2N2O2P/c1-21(2,3)20(28)27-12-10-26(11-13-27)15-8-9-17-16-6-4-5-7-18(16)22(29,19(17)14-15)23(24,25)30/h4-9,14,29H,10-13,30H2,1-3H3. The third-order valence-electron chi connectivity index (χ3n) is 6.06. The summed E-state index contributed by atoms with van der Waals surface area (Å²) in [5.41, 5.74) is -3.79. The molecule has 1 amide bonds. The van der Waals surface area contributed by atoms with Gasteiger partial charge >= 0.3 is 0 Å². The highest BCUT2D eigenvalue weighted by atomic mass is 31.0. The zero-order valence-electron chi connectivity index (χ0n) is 17.5. The van der Waals surface area contributed by atoms with Gasteiger partial charge in [0.1, 0.15) is 0 Å². The van der Waals surface area contributed by atoms with Crippen LogP contribution in [0, 0.1) is 5.41 Å². The van der Waals surface area contributed by atoms with Crippen LogP contribution in [-0.2, 0) is 10.4 Å². The molecule has 4 nitrogen and oxygen atoms in total. The van der Waals surface area contributed by atoms with Gasteiger partial charge in [0.2, 0.25) is 5.91 Å². The summed E-state index contributed by atoms with van der Waals surface area (Å²) in [4.78, 5) is 16.5. The molecule has 30 heavy (non-hydrogen) atoms. The minimum Gasteiger partial charge on any atom is -0.374 e. The second kappa shape index (κ2) is 7.00. The van der Waals surface area contributed by atoms with E-state index in [-0.39, 0.29) is 17.0 Å². The van der Waals surface area contributed by atoms with Gasteiger partial charge in [-0.3, -0.25) is 4.79 Å². The minimum atomic E-state index is -3.43. The molecule has 0 radical (unpaired) electrons. The van der Waals surface area contributed by atoms with Gasteiger partial charge in [0.05, 0.1) is 0 Å². The second-order valence-corrected chi connectivity index (χ2v) is 9.86. The second-order valence-electron chi connectivity index (χ2n) is 9.14. The molecule has 2 atom stereocenters. The van der Waals surface area contributed by atoms with E-state index in [0.29, 0.717) is 37.3 Å². The summed E-state index contributed by atoms with van der Waals surface area (Å²) in [7, 11) is 1.50. The average Bonchev–Trinajstić information content (AvgIpc) is 2.96. The quantitative estimate of drug-likeness (QED) is 0.728. The Morgan fingerprint density at radius 1 is 1.00 bits per heavy atom. The number of amides is 1. The summed E-state index contributed by atoms with van der Waals surface area (Å²) in [5, 5.41) is 11.2. The molecule has 2 aromatic carbocycles. The van der Waals surface area contributed by atoms with Gasteiger partial charge in [-0.2, -0.15) is 8.78 Å². The monoisotopic (exact) mass is 432 g/mol. The Morgan fingerprint density at radius 3 is 2.20 bits per heavy atom. The molecule has 0 bridgehead atoms.